The van der Waals surface area contributed by atoms with Gasteiger partial charge in [-0.05, 0) is 48.4 Å². The molecule has 0 spiro atoms. The average Bonchev–Trinajstić information content (AvgIpc) is 3.18. The van der Waals surface area contributed by atoms with Crippen LogP contribution in [0.4, 0.5) is 0 Å². The SMILES string of the molecule is C[C@H](Sc1nnnn1-c1cccc(Cl)c1)C(=O)NC1CCCC1. The zero-order valence-electron chi connectivity index (χ0n) is 12.8. The Morgan fingerprint density at radius 2 is 2.22 bits per heavy atom. The van der Waals surface area contributed by atoms with Crippen LogP contribution in [0.3, 0.4) is 0 Å². The van der Waals surface area contributed by atoms with Crippen LogP contribution in [0.2, 0.25) is 5.02 Å². The molecule has 1 heterocycles. The lowest BCUT2D eigenvalue weighted by molar-refractivity contribution is -0.120. The fourth-order valence-electron chi connectivity index (χ4n) is 2.62. The van der Waals surface area contributed by atoms with Gasteiger partial charge in [0.15, 0.2) is 0 Å². The van der Waals surface area contributed by atoms with Gasteiger partial charge in [-0.2, -0.15) is 4.68 Å². The molecule has 1 atom stereocenters. The first-order chi connectivity index (χ1) is 11.1. The molecule has 2 aromatic rings. The predicted octanol–water partition coefficient (Wildman–Crippen LogP) is 2.86. The number of benzene rings is 1. The molecular formula is C15H18ClN5OS. The number of nitrogens with one attached hydrogen (secondary N) is 1. The molecule has 0 aliphatic heterocycles. The summed E-state index contributed by atoms with van der Waals surface area (Å²) in [6, 6.07) is 7.60. The van der Waals surface area contributed by atoms with Crippen molar-refractivity contribution in [1.82, 2.24) is 25.5 Å². The lowest BCUT2D eigenvalue weighted by Crippen LogP contribution is -2.37. The van der Waals surface area contributed by atoms with Gasteiger partial charge >= 0.3 is 0 Å². The Morgan fingerprint density at radius 3 is 2.96 bits per heavy atom. The number of hydrogen-bond donors (Lipinski definition) is 1. The van der Waals surface area contributed by atoms with Crippen molar-refractivity contribution in [1.29, 1.82) is 0 Å². The Labute approximate surface area is 144 Å². The normalized spacial score (nSPS) is 16.4. The van der Waals surface area contributed by atoms with Crippen LogP contribution in [0, 0.1) is 0 Å². The number of amides is 1. The van der Waals surface area contributed by atoms with Crippen LogP contribution in [-0.4, -0.2) is 37.4 Å². The maximum absolute atomic E-state index is 12.3. The maximum Gasteiger partial charge on any atom is 0.233 e. The van der Waals surface area contributed by atoms with Crippen molar-refractivity contribution >= 4 is 29.3 Å². The fraction of sp³-hybridized carbons (Fsp3) is 0.467. The first-order valence-electron chi connectivity index (χ1n) is 7.65. The fourth-order valence-corrected chi connectivity index (χ4v) is 3.62. The van der Waals surface area contributed by atoms with Crippen LogP contribution < -0.4 is 5.32 Å². The number of halogens is 1. The molecule has 1 N–H and O–H groups in total. The Kier molecular flexibility index (Phi) is 5.17. The third-order valence-electron chi connectivity index (χ3n) is 3.85. The Bertz CT molecular complexity index is 686. The molecule has 1 aromatic carbocycles. The van der Waals surface area contributed by atoms with E-state index in [2.05, 4.69) is 20.8 Å². The minimum Gasteiger partial charge on any atom is -0.352 e. The first kappa shape index (κ1) is 16.3. The third kappa shape index (κ3) is 4.03. The van der Waals surface area contributed by atoms with Gasteiger partial charge in [0.25, 0.3) is 0 Å². The van der Waals surface area contributed by atoms with E-state index in [4.69, 9.17) is 11.6 Å². The van der Waals surface area contributed by atoms with Crippen LogP contribution in [0.5, 0.6) is 0 Å². The summed E-state index contributed by atoms with van der Waals surface area (Å²) in [5.74, 6) is 0.0301. The summed E-state index contributed by atoms with van der Waals surface area (Å²) in [5.41, 5.74) is 0.772. The molecule has 6 nitrogen and oxygen atoms in total. The zero-order valence-corrected chi connectivity index (χ0v) is 14.3. The molecule has 1 fully saturated rings. The second kappa shape index (κ2) is 7.31. The molecule has 8 heteroatoms. The molecule has 1 aliphatic rings. The topological polar surface area (TPSA) is 72.7 Å². The molecule has 1 aromatic heterocycles. The molecule has 0 unspecified atom stereocenters. The lowest BCUT2D eigenvalue weighted by Gasteiger charge is -2.16. The van der Waals surface area contributed by atoms with Crippen molar-refractivity contribution in [2.24, 2.45) is 0 Å². The smallest absolute Gasteiger partial charge is 0.233 e. The summed E-state index contributed by atoms with van der Waals surface area (Å²) >= 11 is 7.35. The van der Waals surface area contributed by atoms with Gasteiger partial charge in [0, 0.05) is 11.1 Å². The molecular weight excluding hydrogens is 334 g/mol. The second-order valence-corrected chi connectivity index (χ2v) is 7.35. The van der Waals surface area contributed by atoms with E-state index in [1.54, 1.807) is 16.8 Å². The van der Waals surface area contributed by atoms with Crippen molar-refractivity contribution in [3.63, 3.8) is 0 Å². The van der Waals surface area contributed by atoms with E-state index in [-0.39, 0.29) is 11.2 Å². The van der Waals surface area contributed by atoms with Gasteiger partial charge in [0.2, 0.25) is 11.1 Å². The standard InChI is InChI=1S/C15H18ClN5OS/c1-10(14(22)17-12-6-2-3-7-12)23-15-18-19-20-21(15)13-8-4-5-11(16)9-13/h4-5,8-10,12H,2-3,6-7H2,1H3,(H,17,22)/t10-/m0/s1. The highest BCUT2D eigenvalue weighted by Crippen LogP contribution is 2.25. The largest absolute Gasteiger partial charge is 0.352 e. The van der Waals surface area contributed by atoms with Gasteiger partial charge in [-0.15, -0.1) is 5.10 Å². The monoisotopic (exact) mass is 351 g/mol. The molecule has 1 aliphatic carbocycles. The zero-order chi connectivity index (χ0) is 16.2. The van der Waals surface area contributed by atoms with Crippen molar-refractivity contribution in [3.05, 3.63) is 29.3 Å². The predicted molar refractivity (Wildman–Crippen MR) is 89.9 cm³/mol. The summed E-state index contributed by atoms with van der Waals surface area (Å²) < 4.78 is 1.59. The molecule has 1 amide bonds. The Hall–Kier alpha value is -1.60. The van der Waals surface area contributed by atoms with E-state index in [0.717, 1.165) is 18.5 Å². The number of rotatable bonds is 5. The quantitative estimate of drug-likeness (QED) is 0.838. The molecule has 0 radical (unpaired) electrons. The highest BCUT2D eigenvalue weighted by atomic mass is 35.5. The van der Waals surface area contributed by atoms with Crippen LogP contribution in [0.15, 0.2) is 29.4 Å². The summed E-state index contributed by atoms with van der Waals surface area (Å²) in [7, 11) is 0. The summed E-state index contributed by atoms with van der Waals surface area (Å²) in [4.78, 5) is 12.3. The van der Waals surface area contributed by atoms with Gasteiger partial charge in [0.05, 0.1) is 10.9 Å². The molecule has 0 bridgehead atoms. The van der Waals surface area contributed by atoms with Crippen LogP contribution in [-0.2, 0) is 4.79 Å². The first-order valence-corrected chi connectivity index (χ1v) is 8.90. The number of carbonyl (C=O) groups is 1. The molecule has 0 saturated heterocycles. The van der Waals surface area contributed by atoms with Crippen LogP contribution in [0.1, 0.15) is 32.6 Å². The minimum absolute atomic E-state index is 0.0301. The van der Waals surface area contributed by atoms with E-state index < -0.39 is 0 Å². The van der Waals surface area contributed by atoms with Crippen molar-refractivity contribution in [3.8, 4) is 5.69 Å². The van der Waals surface area contributed by atoms with Crippen molar-refractivity contribution in [2.75, 3.05) is 0 Å². The van der Waals surface area contributed by atoms with Crippen LogP contribution >= 0.6 is 23.4 Å². The number of nitrogens with zero attached hydrogens (tertiary/aromatic N) is 4. The molecule has 23 heavy (non-hydrogen) atoms. The number of carbonyl (C=O) groups excluding carboxylic acids is 1. The van der Waals surface area contributed by atoms with E-state index in [9.17, 15) is 4.79 Å². The highest BCUT2D eigenvalue weighted by molar-refractivity contribution is 8.00. The number of hydrogen-bond acceptors (Lipinski definition) is 5. The van der Waals surface area contributed by atoms with Crippen molar-refractivity contribution < 1.29 is 4.79 Å². The van der Waals surface area contributed by atoms with E-state index in [1.165, 1.54) is 24.6 Å². The minimum atomic E-state index is -0.264. The van der Waals surface area contributed by atoms with Gasteiger partial charge in [-0.1, -0.05) is 42.3 Å². The molecule has 1 saturated carbocycles. The van der Waals surface area contributed by atoms with Gasteiger partial charge < -0.3 is 5.32 Å². The number of tetrazole rings is 1. The summed E-state index contributed by atoms with van der Waals surface area (Å²) in [6.07, 6.45) is 4.53. The van der Waals surface area contributed by atoms with E-state index in [0.29, 0.717) is 16.2 Å². The maximum atomic E-state index is 12.3. The summed E-state index contributed by atoms with van der Waals surface area (Å²) in [5, 5.41) is 15.7. The lowest BCUT2D eigenvalue weighted by atomic mass is 10.2. The number of thioether (sulfide) groups is 1. The molecule has 122 valence electrons. The Morgan fingerprint density at radius 1 is 1.43 bits per heavy atom. The second-order valence-electron chi connectivity index (χ2n) is 5.60. The van der Waals surface area contributed by atoms with E-state index >= 15 is 0 Å². The molecule has 3 rings (SSSR count). The van der Waals surface area contributed by atoms with Crippen molar-refractivity contribution in [2.45, 2.75) is 49.1 Å². The highest BCUT2D eigenvalue weighted by Gasteiger charge is 2.23. The average molecular weight is 352 g/mol. The van der Waals surface area contributed by atoms with Crippen LogP contribution in [0.25, 0.3) is 5.69 Å². The number of aromatic nitrogens is 4. The summed E-state index contributed by atoms with van der Waals surface area (Å²) in [6.45, 7) is 1.87. The van der Waals surface area contributed by atoms with Gasteiger partial charge in [-0.3, -0.25) is 4.79 Å². The van der Waals surface area contributed by atoms with Gasteiger partial charge in [-0.25, -0.2) is 0 Å². The van der Waals surface area contributed by atoms with Gasteiger partial charge in [0.1, 0.15) is 0 Å². The third-order valence-corrected chi connectivity index (χ3v) is 5.11. The Balaban J connectivity index is 1.68. The van der Waals surface area contributed by atoms with E-state index in [1.807, 2.05) is 19.1 Å².